The highest BCUT2D eigenvalue weighted by molar-refractivity contribution is 5.16. The molecular formula is C15H19N3O. The van der Waals surface area contributed by atoms with Crippen LogP contribution in [0, 0.1) is 0 Å². The number of hydrogen-bond donors (Lipinski definition) is 1. The van der Waals surface area contributed by atoms with Gasteiger partial charge in [0, 0.05) is 30.9 Å². The summed E-state index contributed by atoms with van der Waals surface area (Å²) in [5, 5.41) is 3.25. The van der Waals surface area contributed by atoms with Crippen LogP contribution in [0.5, 0.6) is 5.88 Å². The van der Waals surface area contributed by atoms with E-state index in [1.54, 1.807) is 6.20 Å². The molecular weight excluding hydrogens is 238 g/mol. The first-order valence-corrected chi connectivity index (χ1v) is 6.58. The lowest BCUT2D eigenvalue weighted by Crippen LogP contribution is -2.13. The Balaban J connectivity index is 1.82. The number of pyridine rings is 2. The first-order chi connectivity index (χ1) is 9.38. The van der Waals surface area contributed by atoms with Gasteiger partial charge in [-0.1, -0.05) is 19.1 Å². The van der Waals surface area contributed by atoms with Crippen molar-refractivity contribution in [1.29, 1.82) is 0 Å². The number of hydrogen-bond acceptors (Lipinski definition) is 4. The molecule has 0 amide bonds. The van der Waals surface area contributed by atoms with E-state index in [1.807, 2.05) is 36.4 Å². The van der Waals surface area contributed by atoms with Crippen molar-refractivity contribution in [2.24, 2.45) is 0 Å². The SMILES string of the molecule is CCNCc1cccc(OCCc2ccccn2)n1. The average molecular weight is 257 g/mol. The van der Waals surface area contributed by atoms with Crippen molar-refractivity contribution in [1.82, 2.24) is 15.3 Å². The fraction of sp³-hybridized carbons (Fsp3) is 0.333. The first kappa shape index (κ1) is 13.5. The fourth-order valence-corrected chi connectivity index (χ4v) is 1.70. The summed E-state index contributed by atoms with van der Waals surface area (Å²) in [7, 11) is 0. The van der Waals surface area contributed by atoms with Gasteiger partial charge in [0.15, 0.2) is 0 Å². The lowest BCUT2D eigenvalue weighted by Gasteiger charge is -2.07. The Bertz CT molecular complexity index is 488. The van der Waals surface area contributed by atoms with Crippen LogP contribution in [0.3, 0.4) is 0 Å². The van der Waals surface area contributed by atoms with Gasteiger partial charge in [-0.2, -0.15) is 0 Å². The Labute approximate surface area is 113 Å². The minimum absolute atomic E-state index is 0.592. The summed E-state index contributed by atoms with van der Waals surface area (Å²) < 4.78 is 5.65. The molecule has 0 aliphatic carbocycles. The van der Waals surface area contributed by atoms with Crippen LogP contribution in [0.15, 0.2) is 42.6 Å². The Hall–Kier alpha value is -1.94. The Morgan fingerprint density at radius 3 is 2.79 bits per heavy atom. The van der Waals surface area contributed by atoms with Crippen molar-refractivity contribution in [2.45, 2.75) is 19.9 Å². The summed E-state index contributed by atoms with van der Waals surface area (Å²) in [6, 6.07) is 11.7. The molecule has 0 aromatic carbocycles. The van der Waals surface area contributed by atoms with Crippen molar-refractivity contribution in [3.63, 3.8) is 0 Å². The van der Waals surface area contributed by atoms with Gasteiger partial charge in [0.2, 0.25) is 5.88 Å². The maximum Gasteiger partial charge on any atom is 0.213 e. The summed E-state index contributed by atoms with van der Waals surface area (Å²) in [6.45, 7) is 4.38. The second kappa shape index (κ2) is 7.48. The van der Waals surface area contributed by atoms with Crippen molar-refractivity contribution in [3.05, 3.63) is 54.0 Å². The van der Waals surface area contributed by atoms with Gasteiger partial charge in [-0.25, -0.2) is 4.98 Å². The van der Waals surface area contributed by atoms with E-state index < -0.39 is 0 Å². The molecule has 2 heterocycles. The molecule has 2 rings (SSSR count). The highest BCUT2D eigenvalue weighted by atomic mass is 16.5. The molecule has 0 bridgehead atoms. The molecule has 0 atom stereocenters. The van der Waals surface area contributed by atoms with Crippen LogP contribution >= 0.6 is 0 Å². The van der Waals surface area contributed by atoms with Crippen LogP contribution in [-0.4, -0.2) is 23.1 Å². The highest BCUT2D eigenvalue weighted by Gasteiger charge is 1.99. The predicted molar refractivity (Wildman–Crippen MR) is 75.1 cm³/mol. The molecule has 0 aliphatic rings. The lowest BCUT2D eigenvalue weighted by molar-refractivity contribution is 0.307. The van der Waals surface area contributed by atoms with Crippen molar-refractivity contribution < 1.29 is 4.74 Å². The van der Waals surface area contributed by atoms with Crippen LogP contribution in [0.4, 0.5) is 0 Å². The topological polar surface area (TPSA) is 47.0 Å². The van der Waals surface area contributed by atoms with Crippen LogP contribution < -0.4 is 10.1 Å². The molecule has 2 aromatic heterocycles. The van der Waals surface area contributed by atoms with Gasteiger partial charge >= 0.3 is 0 Å². The van der Waals surface area contributed by atoms with Crippen LogP contribution in [0.25, 0.3) is 0 Å². The molecule has 0 saturated carbocycles. The molecule has 0 saturated heterocycles. The van der Waals surface area contributed by atoms with Crippen LogP contribution in [0.2, 0.25) is 0 Å². The Morgan fingerprint density at radius 1 is 1.11 bits per heavy atom. The highest BCUT2D eigenvalue weighted by Crippen LogP contribution is 2.08. The number of nitrogens with one attached hydrogen (secondary N) is 1. The molecule has 0 spiro atoms. The molecule has 100 valence electrons. The van der Waals surface area contributed by atoms with Crippen molar-refractivity contribution in [3.8, 4) is 5.88 Å². The van der Waals surface area contributed by atoms with E-state index in [4.69, 9.17) is 4.74 Å². The first-order valence-electron chi connectivity index (χ1n) is 6.58. The molecule has 2 aromatic rings. The molecule has 0 fully saturated rings. The average Bonchev–Trinajstić information content (AvgIpc) is 2.47. The monoisotopic (exact) mass is 257 g/mol. The van der Waals surface area contributed by atoms with Crippen molar-refractivity contribution in [2.75, 3.05) is 13.2 Å². The minimum atomic E-state index is 0.592. The molecule has 4 heteroatoms. The predicted octanol–water partition coefficient (Wildman–Crippen LogP) is 2.21. The molecule has 19 heavy (non-hydrogen) atoms. The zero-order valence-corrected chi connectivity index (χ0v) is 11.2. The number of aromatic nitrogens is 2. The van der Waals surface area contributed by atoms with Crippen LogP contribution in [-0.2, 0) is 13.0 Å². The lowest BCUT2D eigenvalue weighted by atomic mass is 10.3. The summed E-state index contributed by atoms with van der Waals surface area (Å²) in [5.74, 6) is 0.673. The van der Waals surface area contributed by atoms with E-state index in [0.29, 0.717) is 12.5 Å². The third kappa shape index (κ3) is 4.67. The maximum atomic E-state index is 5.65. The number of ether oxygens (including phenoxy) is 1. The summed E-state index contributed by atoms with van der Waals surface area (Å²) >= 11 is 0. The second-order valence-corrected chi connectivity index (χ2v) is 4.17. The van der Waals surface area contributed by atoms with E-state index >= 15 is 0 Å². The molecule has 0 aliphatic heterocycles. The van der Waals surface area contributed by atoms with Gasteiger partial charge in [-0.3, -0.25) is 4.98 Å². The van der Waals surface area contributed by atoms with E-state index in [0.717, 1.165) is 30.9 Å². The third-order valence-electron chi connectivity index (χ3n) is 2.67. The van der Waals surface area contributed by atoms with Gasteiger partial charge in [0.05, 0.1) is 12.3 Å². The molecule has 1 N–H and O–H groups in total. The van der Waals surface area contributed by atoms with E-state index in [2.05, 4.69) is 22.2 Å². The minimum Gasteiger partial charge on any atom is -0.477 e. The number of nitrogens with zero attached hydrogens (tertiary/aromatic N) is 2. The normalized spacial score (nSPS) is 10.4. The summed E-state index contributed by atoms with van der Waals surface area (Å²) in [4.78, 5) is 8.69. The fourth-order valence-electron chi connectivity index (χ4n) is 1.70. The second-order valence-electron chi connectivity index (χ2n) is 4.17. The maximum absolute atomic E-state index is 5.65. The quantitative estimate of drug-likeness (QED) is 0.826. The zero-order chi connectivity index (χ0) is 13.3. The summed E-state index contributed by atoms with van der Waals surface area (Å²) in [5.41, 5.74) is 2.03. The number of rotatable bonds is 7. The van der Waals surface area contributed by atoms with Crippen LogP contribution in [0.1, 0.15) is 18.3 Å². The van der Waals surface area contributed by atoms with Gasteiger partial charge < -0.3 is 10.1 Å². The smallest absolute Gasteiger partial charge is 0.213 e. The van der Waals surface area contributed by atoms with Gasteiger partial charge in [-0.15, -0.1) is 0 Å². The Morgan fingerprint density at radius 2 is 2.00 bits per heavy atom. The van der Waals surface area contributed by atoms with Gasteiger partial charge in [0.1, 0.15) is 0 Å². The zero-order valence-electron chi connectivity index (χ0n) is 11.2. The summed E-state index contributed by atoms with van der Waals surface area (Å²) in [6.07, 6.45) is 2.59. The third-order valence-corrected chi connectivity index (χ3v) is 2.67. The van der Waals surface area contributed by atoms with E-state index in [1.165, 1.54) is 0 Å². The van der Waals surface area contributed by atoms with Gasteiger partial charge in [0.25, 0.3) is 0 Å². The molecule has 4 nitrogen and oxygen atoms in total. The van der Waals surface area contributed by atoms with Gasteiger partial charge in [-0.05, 0) is 24.7 Å². The standard InChI is InChI=1S/C15H19N3O/c1-2-16-12-14-7-5-8-15(18-14)19-11-9-13-6-3-4-10-17-13/h3-8,10,16H,2,9,11-12H2,1H3. The molecule has 0 radical (unpaired) electrons. The van der Waals surface area contributed by atoms with E-state index in [-0.39, 0.29) is 0 Å². The van der Waals surface area contributed by atoms with E-state index in [9.17, 15) is 0 Å². The Kier molecular flexibility index (Phi) is 5.31. The largest absolute Gasteiger partial charge is 0.477 e. The molecule has 0 unspecified atom stereocenters. The van der Waals surface area contributed by atoms with Crippen molar-refractivity contribution >= 4 is 0 Å².